The Labute approximate surface area is 165 Å². The van der Waals surface area contributed by atoms with E-state index in [4.69, 9.17) is 0 Å². The Kier molecular flexibility index (Phi) is 7.68. The van der Waals surface area contributed by atoms with Gasteiger partial charge in [-0.25, -0.2) is 4.98 Å². The molecular weight excluding hydrogens is 356 g/mol. The van der Waals surface area contributed by atoms with E-state index in [0.29, 0.717) is 17.1 Å². The van der Waals surface area contributed by atoms with Gasteiger partial charge in [0.05, 0.1) is 11.3 Å². The lowest BCUT2D eigenvalue weighted by molar-refractivity contribution is -0.118. The lowest BCUT2D eigenvalue weighted by Gasteiger charge is -2.19. The summed E-state index contributed by atoms with van der Waals surface area (Å²) >= 11 is 1.32. The number of pyridine rings is 1. The number of aromatic nitrogens is 1. The van der Waals surface area contributed by atoms with Gasteiger partial charge in [-0.05, 0) is 50.5 Å². The fraction of sp³-hybridized carbons (Fsp3) is 0.381. The Morgan fingerprint density at radius 2 is 1.93 bits per heavy atom. The van der Waals surface area contributed by atoms with Gasteiger partial charge in [0.15, 0.2) is 0 Å². The highest BCUT2D eigenvalue weighted by Crippen LogP contribution is 2.26. The maximum absolute atomic E-state index is 12.1. The number of hydrogen-bond donors (Lipinski definition) is 1. The van der Waals surface area contributed by atoms with E-state index < -0.39 is 0 Å². The number of para-hydroxylation sites is 1. The van der Waals surface area contributed by atoms with Crippen LogP contribution in [0.4, 0.5) is 5.69 Å². The summed E-state index contributed by atoms with van der Waals surface area (Å²) in [5, 5.41) is 13.0. The third-order valence-electron chi connectivity index (χ3n) is 4.60. The number of nitrogens with zero attached hydrogens (tertiary/aromatic N) is 3. The van der Waals surface area contributed by atoms with Gasteiger partial charge < -0.3 is 10.2 Å². The largest absolute Gasteiger partial charge is 0.375 e. The van der Waals surface area contributed by atoms with Crippen LogP contribution in [0.1, 0.15) is 28.8 Å². The van der Waals surface area contributed by atoms with E-state index in [1.165, 1.54) is 17.4 Å². The molecule has 1 heterocycles. The van der Waals surface area contributed by atoms with Crippen LogP contribution in [0.15, 0.2) is 35.4 Å². The topological polar surface area (TPSA) is 69.0 Å². The predicted molar refractivity (Wildman–Crippen MR) is 111 cm³/mol. The molecule has 0 aliphatic rings. The first-order chi connectivity index (χ1) is 12.9. The summed E-state index contributed by atoms with van der Waals surface area (Å²) in [5.74, 6) is 0.224. The van der Waals surface area contributed by atoms with Gasteiger partial charge in [-0.3, -0.25) is 4.79 Å². The molecule has 0 spiro atoms. The van der Waals surface area contributed by atoms with Gasteiger partial charge in [0, 0.05) is 31.5 Å². The van der Waals surface area contributed by atoms with Crippen molar-refractivity contribution in [3.05, 3.63) is 52.7 Å². The normalized spacial score (nSPS) is 10.3. The second-order valence-electron chi connectivity index (χ2n) is 6.49. The van der Waals surface area contributed by atoms with Crippen molar-refractivity contribution in [3.8, 4) is 6.07 Å². The lowest BCUT2D eigenvalue weighted by Crippen LogP contribution is -2.29. The van der Waals surface area contributed by atoms with Crippen LogP contribution < -0.4 is 10.2 Å². The number of rotatable bonds is 8. The quantitative estimate of drug-likeness (QED) is 0.558. The third kappa shape index (κ3) is 5.73. The van der Waals surface area contributed by atoms with Crippen molar-refractivity contribution < 1.29 is 4.79 Å². The van der Waals surface area contributed by atoms with Gasteiger partial charge in [0.1, 0.15) is 11.1 Å². The van der Waals surface area contributed by atoms with Crippen molar-refractivity contribution in [1.82, 2.24) is 10.3 Å². The van der Waals surface area contributed by atoms with Crippen molar-refractivity contribution in [2.45, 2.75) is 32.2 Å². The van der Waals surface area contributed by atoms with Crippen LogP contribution in [-0.4, -0.2) is 36.8 Å². The number of aryl methyl sites for hydroxylation is 1. The molecule has 1 aromatic carbocycles. The minimum Gasteiger partial charge on any atom is -0.375 e. The van der Waals surface area contributed by atoms with Crippen molar-refractivity contribution >= 4 is 23.4 Å². The van der Waals surface area contributed by atoms with Gasteiger partial charge in [-0.1, -0.05) is 30.0 Å². The summed E-state index contributed by atoms with van der Waals surface area (Å²) in [5.41, 5.74) is 4.61. The summed E-state index contributed by atoms with van der Waals surface area (Å²) < 4.78 is 0. The second kappa shape index (κ2) is 9.98. The molecule has 6 heteroatoms. The molecule has 0 saturated heterocycles. The number of carbonyl (C=O) groups excluding carboxylic acids is 1. The van der Waals surface area contributed by atoms with Crippen LogP contribution in [0.2, 0.25) is 0 Å². The molecule has 0 fully saturated rings. The first-order valence-corrected chi connectivity index (χ1v) is 9.96. The monoisotopic (exact) mass is 382 g/mol. The fourth-order valence-corrected chi connectivity index (χ4v) is 3.60. The highest BCUT2D eigenvalue weighted by molar-refractivity contribution is 8.00. The maximum atomic E-state index is 12.1. The number of nitrogens with one attached hydrogen (secondary N) is 1. The Morgan fingerprint density at radius 3 is 2.59 bits per heavy atom. The minimum atomic E-state index is -0.0380. The SMILES string of the molecule is Cc1nc(SCC(=O)NCCCN(C)c2ccccc2)c(C#N)c(C)c1C. The molecule has 27 heavy (non-hydrogen) atoms. The average Bonchev–Trinajstić information content (AvgIpc) is 2.68. The number of anilines is 1. The molecule has 0 aliphatic carbocycles. The van der Waals surface area contributed by atoms with Crippen LogP contribution in [0.5, 0.6) is 0 Å². The number of hydrogen-bond acceptors (Lipinski definition) is 5. The maximum Gasteiger partial charge on any atom is 0.230 e. The molecule has 0 saturated carbocycles. The molecule has 0 atom stereocenters. The van der Waals surface area contributed by atoms with Crippen LogP contribution in [0, 0.1) is 32.1 Å². The Hall–Kier alpha value is -2.52. The van der Waals surface area contributed by atoms with Crippen LogP contribution in [0.3, 0.4) is 0 Å². The van der Waals surface area contributed by atoms with Gasteiger partial charge >= 0.3 is 0 Å². The van der Waals surface area contributed by atoms with E-state index in [-0.39, 0.29) is 11.7 Å². The first-order valence-electron chi connectivity index (χ1n) is 8.97. The Morgan fingerprint density at radius 1 is 1.22 bits per heavy atom. The van der Waals surface area contributed by atoms with Gasteiger partial charge in [0.25, 0.3) is 0 Å². The van der Waals surface area contributed by atoms with E-state index >= 15 is 0 Å². The second-order valence-corrected chi connectivity index (χ2v) is 7.45. The van der Waals surface area contributed by atoms with E-state index in [1.54, 1.807) is 0 Å². The van der Waals surface area contributed by atoms with Crippen molar-refractivity contribution in [3.63, 3.8) is 0 Å². The molecule has 1 amide bonds. The molecule has 0 aliphatic heterocycles. The third-order valence-corrected chi connectivity index (χ3v) is 5.58. The fourth-order valence-electron chi connectivity index (χ4n) is 2.69. The highest BCUT2D eigenvalue weighted by Gasteiger charge is 2.14. The zero-order valence-electron chi connectivity index (χ0n) is 16.4. The first kappa shape index (κ1) is 20.8. The molecular formula is C21H26N4OS. The summed E-state index contributed by atoms with van der Waals surface area (Å²) in [6.45, 7) is 7.31. The molecule has 142 valence electrons. The van der Waals surface area contributed by atoms with E-state index in [2.05, 4.69) is 33.4 Å². The van der Waals surface area contributed by atoms with Gasteiger partial charge in [-0.15, -0.1) is 0 Å². The smallest absolute Gasteiger partial charge is 0.230 e. The van der Waals surface area contributed by atoms with Crippen LogP contribution >= 0.6 is 11.8 Å². The van der Waals surface area contributed by atoms with Crippen molar-refractivity contribution in [1.29, 1.82) is 5.26 Å². The standard InChI is InChI=1S/C21H26N4OS/c1-15-16(2)19(13-22)21(24-17(15)3)27-14-20(26)23-11-8-12-25(4)18-9-6-5-7-10-18/h5-7,9-10H,8,11-12,14H2,1-4H3,(H,23,26). The Bertz CT molecular complexity index is 830. The molecule has 0 radical (unpaired) electrons. The van der Waals surface area contributed by atoms with Gasteiger partial charge in [0.2, 0.25) is 5.91 Å². The van der Waals surface area contributed by atoms with E-state index in [9.17, 15) is 10.1 Å². The molecule has 2 aromatic rings. The number of benzene rings is 1. The summed E-state index contributed by atoms with van der Waals surface area (Å²) in [6, 6.07) is 12.4. The van der Waals surface area contributed by atoms with Gasteiger partial charge in [-0.2, -0.15) is 5.26 Å². The Balaban J connectivity index is 1.78. The van der Waals surface area contributed by atoms with Crippen LogP contribution in [0.25, 0.3) is 0 Å². The summed E-state index contributed by atoms with van der Waals surface area (Å²) in [4.78, 5) is 18.8. The van der Waals surface area contributed by atoms with Crippen molar-refractivity contribution in [2.75, 3.05) is 30.8 Å². The van der Waals surface area contributed by atoms with E-state index in [1.807, 2.05) is 46.0 Å². The number of thioether (sulfide) groups is 1. The molecule has 0 bridgehead atoms. The number of carbonyl (C=O) groups is 1. The number of nitriles is 1. The zero-order chi connectivity index (χ0) is 19.8. The van der Waals surface area contributed by atoms with Crippen LogP contribution in [-0.2, 0) is 4.79 Å². The lowest BCUT2D eigenvalue weighted by atomic mass is 10.1. The summed E-state index contributed by atoms with van der Waals surface area (Å²) in [7, 11) is 2.05. The molecule has 2 rings (SSSR count). The highest BCUT2D eigenvalue weighted by atomic mass is 32.2. The van der Waals surface area contributed by atoms with E-state index in [0.717, 1.165) is 29.8 Å². The molecule has 0 unspecified atom stereocenters. The average molecular weight is 383 g/mol. The van der Waals surface area contributed by atoms with Crippen molar-refractivity contribution in [2.24, 2.45) is 0 Å². The zero-order valence-corrected chi connectivity index (χ0v) is 17.2. The summed E-state index contributed by atoms with van der Waals surface area (Å²) in [6.07, 6.45) is 0.867. The molecule has 1 N–H and O–H groups in total. The molecule has 5 nitrogen and oxygen atoms in total. The molecule has 1 aromatic heterocycles. The predicted octanol–water partition coefficient (Wildman–Crippen LogP) is 3.61. The minimum absolute atomic E-state index is 0.0380. The number of amides is 1.